The second-order valence-corrected chi connectivity index (χ2v) is 5.97. The molecule has 0 saturated heterocycles. The lowest BCUT2D eigenvalue weighted by Gasteiger charge is -2.16. The third kappa shape index (κ3) is 3.71. The smallest absolute Gasteiger partial charge is 0.0705 e. The van der Waals surface area contributed by atoms with E-state index in [0.717, 1.165) is 17.0 Å². The molecule has 2 nitrogen and oxygen atoms in total. The van der Waals surface area contributed by atoms with Crippen LogP contribution in [-0.4, -0.2) is 23.5 Å². The summed E-state index contributed by atoms with van der Waals surface area (Å²) in [5, 5.41) is 4.64. The fourth-order valence-corrected chi connectivity index (χ4v) is 3.20. The number of nitrogens with one attached hydrogen (secondary N) is 1. The van der Waals surface area contributed by atoms with Gasteiger partial charge >= 0.3 is 0 Å². The van der Waals surface area contributed by atoms with Crippen LogP contribution in [-0.2, 0) is 0 Å². The van der Waals surface area contributed by atoms with Crippen molar-refractivity contribution in [2.24, 2.45) is 0 Å². The van der Waals surface area contributed by atoms with Crippen molar-refractivity contribution in [2.75, 3.05) is 18.6 Å². The lowest BCUT2D eigenvalue weighted by Crippen LogP contribution is -2.18. The van der Waals surface area contributed by atoms with Gasteiger partial charge in [0, 0.05) is 22.9 Å². The van der Waals surface area contributed by atoms with Gasteiger partial charge in [0.2, 0.25) is 0 Å². The molecule has 2 aromatic rings. The number of hydrogen-bond donors (Lipinski definition) is 1. The van der Waals surface area contributed by atoms with Crippen LogP contribution in [0.4, 0.5) is 0 Å². The Morgan fingerprint density at radius 1 is 1.26 bits per heavy atom. The van der Waals surface area contributed by atoms with Gasteiger partial charge in [0.15, 0.2) is 0 Å². The zero-order chi connectivity index (χ0) is 13.7. The van der Waals surface area contributed by atoms with Crippen molar-refractivity contribution < 1.29 is 0 Å². The van der Waals surface area contributed by atoms with Crippen molar-refractivity contribution in [3.8, 4) is 0 Å². The monoisotopic (exact) mass is 274 g/mol. The van der Waals surface area contributed by atoms with Gasteiger partial charge in [-0.3, -0.25) is 4.98 Å². The van der Waals surface area contributed by atoms with E-state index in [4.69, 9.17) is 0 Å². The number of pyridine rings is 1. The Balaban J connectivity index is 2.20. The van der Waals surface area contributed by atoms with Crippen LogP contribution in [0.25, 0.3) is 10.9 Å². The predicted octanol–water partition coefficient (Wildman–Crippen LogP) is 3.95. The Bertz CT molecular complexity index is 539. The fourth-order valence-electron chi connectivity index (χ4n) is 2.15. The third-order valence-corrected chi connectivity index (χ3v) is 4.50. The second kappa shape index (κ2) is 6.92. The highest BCUT2D eigenvalue weighted by atomic mass is 32.2. The van der Waals surface area contributed by atoms with Gasteiger partial charge in [0.1, 0.15) is 0 Å². The number of hydrogen-bond acceptors (Lipinski definition) is 3. The maximum atomic E-state index is 4.55. The summed E-state index contributed by atoms with van der Waals surface area (Å²) in [4.78, 5) is 4.55. The van der Waals surface area contributed by atoms with Crippen LogP contribution < -0.4 is 5.32 Å². The summed E-state index contributed by atoms with van der Waals surface area (Å²) < 4.78 is 0. The minimum Gasteiger partial charge on any atom is -0.312 e. The molecule has 1 aromatic carbocycles. The zero-order valence-electron chi connectivity index (χ0n) is 11.9. The highest BCUT2D eigenvalue weighted by Gasteiger charge is 2.09. The van der Waals surface area contributed by atoms with Crippen LogP contribution in [0.1, 0.15) is 30.6 Å². The minimum absolute atomic E-state index is 0.419. The summed E-state index contributed by atoms with van der Waals surface area (Å²) in [6, 6.07) is 11.2. The van der Waals surface area contributed by atoms with Crippen LogP contribution >= 0.6 is 11.8 Å². The average molecular weight is 274 g/mol. The number of fused-ring (bicyclic) bond motifs is 1. The molecule has 0 amide bonds. The van der Waals surface area contributed by atoms with Gasteiger partial charge in [-0.25, -0.2) is 0 Å². The Morgan fingerprint density at radius 3 is 2.84 bits per heavy atom. The van der Waals surface area contributed by atoms with Crippen molar-refractivity contribution >= 4 is 22.7 Å². The molecule has 0 spiro atoms. The van der Waals surface area contributed by atoms with Gasteiger partial charge in [0.05, 0.1) is 5.52 Å². The van der Waals surface area contributed by atoms with Crippen molar-refractivity contribution in [3.63, 3.8) is 0 Å². The molecule has 0 saturated carbocycles. The molecule has 19 heavy (non-hydrogen) atoms. The van der Waals surface area contributed by atoms with Crippen molar-refractivity contribution in [1.82, 2.24) is 10.3 Å². The van der Waals surface area contributed by atoms with Crippen LogP contribution in [0.15, 0.2) is 30.3 Å². The number of nitrogens with zero attached hydrogens (tertiary/aromatic N) is 1. The van der Waals surface area contributed by atoms with E-state index in [1.54, 1.807) is 0 Å². The van der Waals surface area contributed by atoms with E-state index < -0.39 is 0 Å². The molecule has 1 heterocycles. The molecule has 102 valence electrons. The normalized spacial score (nSPS) is 12.8. The first-order chi connectivity index (χ1) is 9.24. The van der Waals surface area contributed by atoms with Gasteiger partial charge in [-0.1, -0.05) is 19.1 Å². The average Bonchev–Trinajstić information content (AvgIpc) is 2.43. The first kappa shape index (κ1) is 14.4. The van der Waals surface area contributed by atoms with E-state index in [2.05, 4.69) is 47.6 Å². The van der Waals surface area contributed by atoms with E-state index >= 15 is 0 Å². The molecule has 1 unspecified atom stereocenters. The quantitative estimate of drug-likeness (QED) is 0.807. The van der Waals surface area contributed by atoms with Gasteiger partial charge in [-0.05, 0) is 49.9 Å². The highest BCUT2D eigenvalue weighted by molar-refractivity contribution is 7.99. The van der Waals surface area contributed by atoms with Gasteiger partial charge < -0.3 is 5.32 Å². The molecule has 3 heteroatoms. The highest BCUT2D eigenvalue weighted by Crippen LogP contribution is 2.22. The van der Waals surface area contributed by atoms with Crippen molar-refractivity contribution in [1.29, 1.82) is 0 Å². The molecular formula is C16H22N2S. The summed E-state index contributed by atoms with van der Waals surface area (Å²) in [6.45, 7) is 4.26. The lowest BCUT2D eigenvalue weighted by atomic mass is 10.1. The minimum atomic E-state index is 0.419. The van der Waals surface area contributed by atoms with Gasteiger partial charge in [-0.2, -0.15) is 11.8 Å². The summed E-state index contributed by atoms with van der Waals surface area (Å²) in [6.07, 6.45) is 1.24. The van der Waals surface area contributed by atoms with E-state index in [9.17, 15) is 0 Å². The third-order valence-electron chi connectivity index (χ3n) is 3.24. The van der Waals surface area contributed by atoms with Crippen LogP contribution in [0.3, 0.4) is 0 Å². The summed E-state index contributed by atoms with van der Waals surface area (Å²) in [7, 11) is 2.04. The first-order valence-electron chi connectivity index (χ1n) is 6.87. The molecule has 0 aliphatic carbocycles. The standard InChI is InChI=1S/C16H22N2S/c1-4-9-19-11-16(17-3)14-7-8-15-13(10-14)6-5-12(2)18-15/h5-8,10,16-17H,4,9,11H2,1-3H3. The summed E-state index contributed by atoms with van der Waals surface area (Å²) in [5.74, 6) is 2.35. The molecule has 0 aliphatic rings. The van der Waals surface area contributed by atoms with E-state index in [0.29, 0.717) is 6.04 Å². The number of aromatic nitrogens is 1. The number of aryl methyl sites for hydroxylation is 1. The van der Waals surface area contributed by atoms with E-state index in [1.807, 2.05) is 25.7 Å². The Labute approximate surface area is 120 Å². The zero-order valence-corrected chi connectivity index (χ0v) is 12.8. The molecule has 0 aliphatic heterocycles. The Hall–Kier alpha value is -1.06. The first-order valence-corrected chi connectivity index (χ1v) is 8.02. The molecule has 1 N–H and O–H groups in total. The molecular weight excluding hydrogens is 252 g/mol. The van der Waals surface area contributed by atoms with Crippen molar-refractivity contribution in [2.45, 2.75) is 26.3 Å². The summed E-state index contributed by atoms with van der Waals surface area (Å²) in [5.41, 5.74) is 3.51. The van der Waals surface area contributed by atoms with Crippen LogP contribution in [0, 0.1) is 6.92 Å². The predicted molar refractivity (Wildman–Crippen MR) is 85.9 cm³/mol. The number of rotatable bonds is 6. The molecule has 1 aromatic heterocycles. The molecule has 2 rings (SSSR count). The fraction of sp³-hybridized carbons (Fsp3) is 0.438. The van der Waals surface area contributed by atoms with E-state index in [1.165, 1.54) is 23.1 Å². The van der Waals surface area contributed by atoms with Gasteiger partial charge in [-0.15, -0.1) is 0 Å². The SMILES string of the molecule is CCCSCC(NC)c1ccc2nc(C)ccc2c1. The topological polar surface area (TPSA) is 24.9 Å². The Kier molecular flexibility index (Phi) is 5.23. The van der Waals surface area contributed by atoms with E-state index in [-0.39, 0.29) is 0 Å². The maximum Gasteiger partial charge on any atom is 0.0705 e. The lowest BCUT2D eigenvalue weighted by molar-refractivity contribution is 0.662. The summed E-state index contributed by atoms with van der Waals surface area (Å²) >= 11 is 2.01. The molecule has 1 atom stereocenters. The van der Waals surface area contributed by atoms with Crippen molar-refractivity contribution in [3.05, 3.63) is 41.6 Å². The van der Waals surface area contributed by atoms with Gasteiger partial charge in [0.25, 0.3) is 0 Å². The second-order valence-electron chi connectivity index (χ2n) is 4.82. The number of benzene rings is 1. The largest absolute Gasteiger partial charge is 0.312 e. The number of thioether (sulfide) groups is 1. The maximum absolute atomic E-state index is 4.55. The van der Waals surface area contributed by atoms with Crippen LogP contribution in [0.2, 0.25) is 0 Å². The molecule has 0 fully saturated rings. The van der Waals surface area contributed by atoms with Crippen LogP contribution in [0.5, 0.6) is 0 Å². The molecule has 0 bridgehead atoms. The molecule has 0 radical (unpaired) electrons. The Morgan fingerprint density at radius 2 is 2.11 bits per heavy atom.